The molecule has 2 aliphatic rings. The Morgan fingerprint density at radius 3 is 2.25 bits per heavy atom. The van der Waals surface area contributed by atoms with E-state index in [1.54, 1.807) is 20.8 Å². The number of benzene rings is 2. The molecule has 3 heterocycles. The molecule has 0 saturated heterocycles. The molecule has 0 radical (unpaired) electrons. The van der Waals surface area contributed by atoms with Gasteiger partial charge in [0.25, 0.3) is 5.92 Å². The minimum atomic E-state index is -5.14. The van der Waals surface area contributed by atoms with Gasteiger partial charge in [-0.3, -0.25) is 18.9 Å². The van der Waals surface area contributed by atoms with Crippen LogP contribution in [-0.4, -0.2) is 51.3 Å². The van der Waals surface area contributed by atoms with Crippen molar-refractivity contribution in [2.24, 2.45) is 11.3 Å². The summed E-state index contributed by atoms with van der Waals surface area (Å²) in [6.07, 6.45) is -10.1. The molecule has 22 heteroatoms. The maximum absolute atomic E-state index is 15.4. The number of nitrogens with zero attached hydrogens (tertiary/aromatic N) is 5. The average Bonchev–Trinajstić information content (AvgIpc) is 3.63. The van der Waals surface area contributed by atoms with Gasteiger partial charge in [-0.25, -0.2) is 22.2 Å². The van der Waals surface area contributed by atoms with E-state index in [2.05, 4.69) is 37.1 Å². The fourth-order valence-electron chi connectivity index (χ4n) is 7.47. The lowest BCUT2D eigenvalue weighted by Crippen LogP contribution is -2.35. The zero-order valence-electron chi connectivity index (χ0n) is 32.1. The number of carbonyl (C=O) groups excluding carboxylic acids is 1. The number of carbonyl (C=O) groups is 1. The molecule has 1 unspecified atom stereocenters. The van der Waals surface area contributed by atoms with Crippen molar-refractivity contribution in [2.75, 3.05) is 11.0 Å². The van der Waals surface area contributed by atoms with E-state index >= 15 is 8.78 Å². The van der Waals surface area contributed by atoms with Gasteiger partial charge in [0, 0.05) is 34.1 Å². The van der Waals surface area contributed by atoms with Gasteiger partial charge in [-0.05, 0) is 81.3 Å². The summed E-state index contributed by atoms with van der Waals surface area (Å²) in [4.78, 5) is 18.6. The Kier molecular flexibility index (Phi) is 10.7. The zero-order chi connectivity index (χ0) is 44.8. The Hall–Kier alpha value is -5.36. The standard InChI is InChI=1S/C39H32ClF10N7O3S/c1-36(2,3)10-9-21-5-6-22(23-7-8-26(40)30-32(23)57(17-37(43,44)45)54-35(30)55-61(4,59)60)31(51-21)27(13-18-11-19(41)14-20(42)12-18)52-28(58)16-56-34-29(33(53-56)39(48,49)50)24-15-25(24)38(34,46)47/h5-8,11-12,14,24-25,27H,13,15-17H2,1-4H3,(H,52,58)(H,54,55)/t24-,25?,27-/m0/s1. The van der Waals surface area contributed by atoms with Crippen molar-refractivity contribution in [3.63, 3.8) is 0 Å². The van der Waals surface area contributed by atoms with Crippen LogP contribution in [-0.2, 0) is 46.4 Å². The molecule has 0 spiro atoms. The summed E-state index contributed by atoms with van der Waals surface area (Å²) in [5, 5.41) is 9.27. The maximum atomic E-state index is 15.4. The molecule has 7 rings (SSSR count). The highest BCUT2D eigenvalue weighted by atomic mass is 35.5. The molecule has 3 atom stereocenters. The van der Waals surface area contributed by atoms with Crippen molar-refractivity contribution >= 4 is 44.3 Å². The Labute approximate surface area is 345 Å². The lowest BCUT2D eigenvalue weighted by atomic mass is 9.93. The Balaban J connectivity index is 1.43. The number of sulfonamides is 1. The van der Waals surface area contributed by atoms with E-state index in [1.807, 2.05) is 0 Å². The number of hydrogen-bond acceptors (Lipinski definition) is 6. The van der Waals surface area contributed by atoms with Crippen LogP contribution < -0.4 is 10.0 Å². The zero-order valence-corrected chi connectivity index (χ0v) is 33.7. The number of nitrogens with one attached hydrogen (secondary N) is 2. The van der Waals surface area contributed by atoms with Crippen LogP contribution in [0.15, 0.2) is 42.5 Å². The van der Waals surface area contributed by atoms with Crippen molar-refractivity contribution in [3.8, 4) is 23.0 Å². The van der Waals surface area contributed by atoms with Crippen LogP contribution in [0.2, 0.25) is 5.02 Å². The van der Waals surface area contributed by atoms with Crippen LogP contribution in [0.3, 0.4) is 0 Å². The van der Waals surface area contributed by atoms with Crippen molar-refractivity contribution in [2.45, 2.75) is 76.9 Å². The van der Waals surface area contributed by atoms with Gasteiger partial charge in [0.2, 0.25) is 15.9 Å². The van der Waals surface area contributed by atoms with Crippen LogP contribution in [0.5, 0.6) is 0 Å². The Morgan fingerprint density at radius 1 is 0.984 bits per heavy atom. The van der Waals surface area contributed by atoms with E-state index in [0.717, 1.165) is 18.4 Å². The first-order valence-electron chi connectivity index (χ1n) is 18.2. The normalized spacial score (nSPS) is 17.7. The Morgan fingerprint density at radius 2 is 1.64 bits per heavy atom. The largest absolute Gasteiger partial charge is 0.435 e. The fourth-order valence-corrected chi connectivity index (χ4v) is 8.20. The van der Waals surface area contributed by atoms with E-state index in [9.17, 15) is 48.3 Å². The minimum Gasteiger partial charge on any atom is -0.346 e. The van der Waals surface area contributed by atoms with Gasteiger partial charge >= 0.3 is 12.4 Å². The second-order valence-corrected chi connectivity index (χ2v) is 18.0. The first-order valence-corrected chi connectivity index (χ1v) is 20.4. The number of rotatable bonds is 10. The summed E-state index contributed by atoms with van der Waals surface area (Å²) in [6.45, 7) is 2.37. The molecule has 2 aromatic carbocycles. The maximum Gasteiger partial charge on any atom is 0.435 e. The number of halogens is 11. The topological polar surface area (TPSA) is 124 Å². The van der Waals surface area contributed by atoms with E-state index in [4.69, 9.17) is 11.6 Å². The molecule has 0 bridgehead atoms. The molecular weight excluding hydrogens is 872 g/mol. The predicted molar refractivity (Wildman–Crippen MR) is 202 cm³/mol. The summed E-state index contributed by atoms with van der Waals surface area (Å²) in [7, 11) is -4.16. The second-order valence-electron chi connectivity index (χ2n) is 15.9. The highest BCUT2D eigenvalue weighted by Crippen LogP contribution is 2.68. The van der Waals surface area contributed by atoms with Gasteiger partial charge in [-0.1, -0.05) is 23.6 Å². The average molecular weight is 904 g/mol. The molecule has 1 amide bonds. The molecular formula is C39H32ClF10N7O3S. The summed E-state index contributed by atoms with van der Waals surface area (Å²) in [5.41, 5.74) is -4.85. The summed E-state index contributed by atoms with van der Waals surface area (Å²) in [5.74, 6) is -4.36. The van der Waals surface area contributed by atoms with Gasteiger partial charge < -0.3 is 5.32 Å². The number of amides is 1. The lowest BCUT2D eigenvalue weighted by molar-refractivity contribution is -0.142. The van der Waals surface area contributed by atoms with Gasteiger partial charge in [-0.15, -0.1) is 0 Å². The van der Waals surface area contributed by atoms with Gasteiger partial charge in [0.15, 0.2) is 11.5 Å². The molecule has 3 aromatic heterocycles. The first kappa shape index (κ1) is 43.7. The fraction of sp³-hybridized carbons (Fsp3) is 0.385. The molecule has 1 saturated carbocycles. The third-order valence-electron chi connectivity index (χ3n) is 9.76. The van der Waals surface area contributed by atoms with E-state index in [0.29, 0.717) is 10.7 Å². The van der Waals surface area contributed by atoms with Crippen LogP contribution in [0.1, 0.15) is 73.1 Å². The van der Waals surface area contributed by atoms with Crippen molar-refractivity contribution < 1.29 is 57.1 Å². The van der Waals surface area contributed by atoms with Gasteiger partial charge in [0.1, 0.15) is 36.1 Å². The van der Waals surface area contributed by atoms with E-state index in [1.165, 1.54) is 24.3 Å². The van der Waals surface area contributed by atoms with Crippen molar-refractivity contribution in [3.05, 3.63) is 93.0 Å². The SMILES string of the molecule is CC(C)(C)C#Cc1ccc(-c2ccc(Cl)c3c(NS(C)(=O)=O)nn(CC(F)(F)F)c23)c([C@H](Cc2cc(F)cc(F)c2)NC(=O)Cn2nc(C(F)(F)F)c3c2C(F)(F)C2C[C@H]32)n1. The number of aromatic nitrogens is 5. The molecule has 2 aliphatic carbocycles. The summed E-state index contributed by atoms with van der Waals surface area (Å²) in [6, 6.07) is 5.98. The smallest absolute Gasteiger partial charge is 0.346 e. The van der Waals surface area contributed by atoms with Gasteiger partial charge in [0.05, 0.1) is 33.9 Å². The molecule has 61 heavy (non-hydrogen) atoms. The molecule has 1 fully saturated rings. The van der Waals surface area contributed by atoms with E-state index < -0.39 is 111 Å². The highest BCUT2D eigenvalue weighted by molar-refractivity contribution is 7.92. The number of hydrogen-bond donors (Lipinski definition) is 2. The third kappa shape index (κ3) is 9.15. The van der Waals surface area contributed by atoms with E-state index in [-0.39, 0.29) is 55.1 Å². The molecule has 10 nitrogen and oxygen atoms in total. The number of alkyl halides is 8. The molecule has 2 N–H and O–H groups in total. The number of anilines is 1. The van der Waals surface area contributed by atoms with Crippen LogP contribution >= 0.6 is 11.6 Å². The van der Waals surface area contributed by atoms with Crippen LogP contribution in [0.25, 0.3) is 22.0 Å². The quantitative estimate of drug-likeness (QED) is 0.107. The predicted octanol–water partition coefficient (Wildman–Crippen LogP) is 8.89. The number of pyridine rings is 1. The van der Waals surface area contributed by atoms with Crippen molar-refractivity contribution in [1.29, 1.82) is 0 Å². The Bertz CT molecular complexity index is 2760. The van der Waals surface area contributed by atoms with Crippen LogP contribution in [0.4, 0.5) is 49.7 Å². The highest BCUT2D eigenvalue weighted by Gasteiger charge is 2.68. The van der Waals surface area contributed by atoms with Crippen LogP contribution in [0, 0.1) is 34.8 Å². The molecule has 0 aliphatic heterocycles. The van der Waals surface area contributed by atoms with Gasteiger partial charge in [-0.2, -0.15) is 45.3 Å². The molecule has 324 valence electrons. The molecule has 5 aromatic rings. The monoisotopic (exact) mass is 903 g/mol. The summed E-state index contributed by atoms with van der Waals surface area (Å²) < 4.78 is 172. The first-order chi connectivity index (χ1) is 28.1. The number of fused-ring (bicyclic) bond motifs is 4. The van der Waals surface area contributed by atoms with Crippen molar-refractivity contribution in [1.82, 2.24) is 29.9 Å². The minimum absolute atomic E-state index is 0.0189. The lowest BCUT2D eigenvalue weighted by Gasteiger charge is -2.23. The summed E-state index contributed by atoms with van der Waals surface area (Å²) >= 11 is 6.47. The second kappa shape index (κ2) is 14.9. The third-order valence-corrected chi connectivity index (χ3v) is 10.6.